The number of carbonyl (C=O) groups is 1. The summed E-state index contributed by atoms with van der Waals surface area (Å²) in [6, 6.07) is 1.47. The Kier molecular flexibility index (Phi) is 5.61. The van der Waals surface area contributed by atoms with E-state index in [0.29, 0.717) is 24.5 Å². The van der Waals surface area contributed by atoms with E-state index >= 15 is 0 Å². The van der Waals surface area contributed by atoms with Crippen LogP contribution in [0.25, 0.3) is 0 Å². The maximum atomic E-state index is 13.9. The third kappa shape index (κ3) is 4.91. The van der Waals surface area contributed by atoms with Crippen molar-refractivity contribution >= 4 is 11.8 Å². The average Bonchev–Trinajstić information content (AvgIpc) is 2.48. The number of nitrogens with zero attached hydrogens (tertiary/aromatic N) is 3. The summed E-state index contributed by atoms with van der Waals surface area (Å²) in [7, 11) is 1.59. The predicted octanol–water partition coefficient (Wildman–Crippen LogP) is 2.11. The lowest BCUT2D eigenvalue weighted by atomic mass is 10.1. The number of pyridine rings is 1. The van der Waals surface area contributed by atoms with Crippen LogP contribution in [-0.2, 0) is 4.74 Å². The van der Waals surface area contributed by atoms with Crippen LogP contribution in [0.2, 0.25) is 0 Å². The Morgan fingerprint density at radius 2 is 2.16 bits per heavy atom. The lowest BCUT2D eigenvalue weighted by Gasteiger charge is -2.39. The Hall–Kier alpha value is -2.64. The summed E-state index contributed by atoms with van der Waals surface area (Å²) in [5.74, 6) is -0.517. The number of nitrogens with two attached hydrogens (primary N) is 1. The molecule has 1 fully saturated rings. The third-order valence-electron chi connectivity index (χ3n) is 3.37. The highest BCUT2D eigenvalue weighted by Crippen LogP contribution is 2.23. The van der Waals surface area contributed by atoms with Gasteiger partial charge in [-0.2, -0.15) is 0 Å². The van der Waals surface area contributed by atoms with Crippen LogP contribution < -0.4 is 10.5 Å². The first-order valence-electron chi connectivity index (χ1n) is 7.89. The molecule has 0 aromatic carbocycles. The maximum absolute atomic E-state index is 13.9. The van der Waals surface area contributed by atoms with Gasteiger partial charge in [-0.1, -0.05) is 0 Å². The number of halogens is 1. The molecule has 25 heavy (non-hydrogen) atoms. The fourth-order valence-corrected chi connectivity index (χ4v) is 2.18. The molecule has 136 valence electrons. The number of ether oxygens (including phenoxy) is 2. The van der Waals surface area contributed by atoms with E-state index in [1.807, 2.05) is 0 Å². The van der Waals surface area contributed by atoms with E-state index in [0.717, 1.165) is 6.20 Å². The second-order valence-electron chi connectivity index (χ2n) is 6.59. The zero-order valence-corrected chi connectivity index (χ0v) is 14.8. The van der Waals surface area contributed by atoms with Crippen molar-refractivity contribution in [3.05, 3.63) is 36.1 Å². The number of hydrogen-bond acceptors (Lipinski definition) is 6. The van der Waals surface area contributed by atoms with E-state index < -0.39 is 17.5 Å². The Labute approximate surface area is 146 Å². The van der Waals surface area contributed by atoms with Crippen LogP contribution in [0.5, 0.6) is 5.75 Å². The largest absolute Gasteiger partial charge is 0.483 e. The number of allylic oxidation sites excluding steroid dienone is 1. The minimum absolute atomic E-state index is 0.0606. The van der Waals surface area contributed by atoms with Crippen LogP contribution in [0.3, 0.4) is 0 Å². The molecule has 1 aliphatic heterocycles. The number of aromatic nitrogens is 1. The smallest absolute Gasteiger partial charge is 0.410 e. The fourth-order valence-electron chi connectivity index (χ4n) is 2.18. The molecule has 0 spiro atoms. The normalized spacial score (nSPS) is 16.0. The Balaban J connectivity index is 1.99. The molecule has 0 radical (unpaired) electrons. The summed E-state index contributed by atoms with van der Waals surface area (Å²) in [6.07, 6.45) is 3.27. The first-order valence-corrected chi connectivity index (χ1v) is 7.89. The first-order chi connectivity index (χ1) is 11.7. The molecular formula is C17H23FN4O3. The van der Waals surface area contributed by atoms with Gasteiger partial charge in [-0.05, 0) is 33.0 Å². The molecule has 2 rings (SSSR count). The maximum Gasteiger partial charge on any atom is 0.410 e. The van der Waals surface area contributed by atoms with Gasteiger partial charge < -0.3 is 20.1 Å². The van der Waals surface area contributed by atoms with Crippen molar-refractivity contribution in [2.45, 2.75) is 32.5 Å². The molecule has 0 saturated carbocycles. The molecule has 0 unspecified atom stereocenters. The highest BCUT2D eigenvalue weighted by molar-refractivity contribution is 6.07. The van der Waals surface area contributed by atoms with E-state index in [9.17, 15) is 9.18 Å². The number of carbonyl (C=O) groups excluding carboxylic acids is 1. The molecule has 2 N–H and O–H groups in total. The van der Waals surface area contributed by atoms with Crippen LogP contribution in [-0.4, -0.2) is 53.5 Å². The Bertz CT molecular complexity index is 692. The lowest BCUT2D eigenvalue weighted by molar-refractivity contribution is -0.0229. The number of aliphatic imine (C=N–C) groups is 1. The van der Waals surface area contributed by atoms with Gasteiger partial charge in [-0.3, -0.25) is 9.98 Å². The summed E-state index contributed by atoms with van der Waals surface area (Å²) < 4.78 is 24.8. The number of likely N-dealkylation sites (tertiary alicyclic amines) is 1. The predicted molar refractivity (Wildman–Crippen MR) is 92.2 cm³/mol. The Morgan fingerprint density at radius 1 is 1.48 bits per heavy atom. The Morgan fingerprint density at radius 3 is 2.72 bits per heavy atom. The average molecular weight is 350 g/mol. The SMILES string of the molecule is CN=C(C=CN)c1cc(OC2CN(C(=O)OC(C)(C)C)C2)c(F)cn1. The van der Waals surface area contributed by atoms with Crippen LogP contribution in [0.15, 0.2) is 29.5 Å². The zero-order valence-electron chi connectivity index (χ0n) is 14.8. The molecule has 2 heterocycles. The molecule has 0 atom stereocenters. The molecule has 1 saturated heterocycles. The quantitative estimate of drug-likeness (QED) is 0.840. The van der Waals surface area contributed by atoms with Crippen LogP contribution in [0.1, 0.15) is 26.5 Å². The fraction of sp³-hybridized carbons (Fsp3) is 0.471. The minimum atomic E-state index is -0.577. The highest BCUT2D eigenvalue weighted by Gasteiger charge is 2.35. The van der Waals surface area contributed by atoms with Crippen molar-refractivity contribution in [2.24, 2.45) is 10.7 Å². The van der Waals surface area contributed by atoms with Crippen molar-refractivity contribution < 1.29 is 18.7 Å². The molecule has 1 amide bonds. The number of rotatable bonds is 4. The monoisotopic (exact) mass is 350 g/mol. The summed E-state index contributed by atoms with van der Waals surface area (Å²) >= 11 is 0. The molecule has 7 nitrogen and oxygen atoms in total. The van der Waals surface area contributed by atoms with Crippen LogP contribution in [0.4, 0.5) is 9.18 Å². The van der Waals surface area contributed by atoms with Gasteiger partial charge >= 0.3 is 6.09 Å². The molecule has 1 aromatic rings. The number of amides is 1. The van der Waals surface area contributed by atoms with Crippen molar-refractivity contribution in [1.29, 1.82) is 0 Å². The molecule has 8 heteroatoms. The minimum Gasteiger partial charge on any atom is -0.483 e. The van der Waals surface area contributed by atoms with Crippen molar-refractivity contribution in [3.63, 3.8) is 0 Å². The highest BCUT2D eigenvalue weighted by atomic mass is 19.1. The van der Waals surface area contributed by atoms with Gasteiger partial charge in [0.05, 0.1) is 30.7 Å². The van der Waals surface area contributed by atoms with E-state index in [4.69, 9.17) is 15.2 Å². The molecule has 1 aliphatic rings. The standard InChI is InChI=1S/C17H23FN4O3/c1-17(2,3)25-16(23)22-9-11(10-22)24-15-7-14(21-8-12(15)18)13(20-4)5-6-19/h5-8,11H,9-10,19H2,1-4H3. The second-order valence-corrected chi connectivity index (χ2v) is 6.59. The molecule has 0 aliphatic carbocycles. The van der Waals surface area contributed by atoms with Crippen LogP contribution >= 0.6 is 0 Å². The molecule has 1 aromatic heterocycles. The van der Waals surface area contributed by atoms with Gasteiger partial charge in [0, 0.05) is 13.1 Å². The van der Waals surface area contributed by atoms with Crippen molar-refractivity contribution in [3.8, 4) is 5.75 Å². The van der Waals surface area contributed by atoms with E-state index in [1.165, 1.54) is 17.2 Å². The van der Waals surface area contributed by atoms with Gasteiger partial charge in [0.1, 0.15) is 11.7 Å². The van der Waals surface area contributed by atoms with Gasteiger partial charge in [0.2, 0.25) is 0 Å². The van der Waals surface area contributed by atoms with E-state index in [2.05, 4.69) is 9.98 Å². The second kappa shape index (κ2) is 7.50. The lowest BCUT2D eigenvalue weighted by Crippen LogP contribution is -2.57. The molecular weight excluding hydrogens is 327 g/mol. The van der Waals surface area contributed by atoms with Gasteiger partial charge in [-0.15, -0.1) is 0 Å². The van der Waals surface area contributed by atoms with E-state index in [-0.39, 0.29) is 11.9 Å². The van der Waals surface area contributed by atoms with Gasteiger partial charge in [0.25, 0.3) is 0 Å². The summed E-state index contributed by atoms with van der Waals surface area (Å²) in [6.45, 7) is 6.08. The van der Waals surface area contributed by atoms with Gasteiger partial charge in [-0.25, -0.2) is 9.18 Å². The number of hydrogen-bond donors (Lipinski definition) is 1. The zero-order chi connectivity index (χ0) is 18.6. The van der Waals surface area contributed by atoms with Crippen molar-refractivity contribution in [2.75, 3.05) is 20.1 Å². The third-order valence-corrected chi connectivity index (χ3v) is 3.37. The van der Waals surface area contributed by atoms with E-state index in [1.54, 1.807) is 33.9 Å². The topological polar surface area (TPSA) is 90.0 Å². The summed E-state index contributed by atoms with van der Waals surface area (Å²) in [5, 5.41) is 0. The summed E-state index contributed by atoms with van der Waals surface area (Å²) in [4.78, 5) is 21.4. The van der Waals surface area contributed by atoms with Crippen LogP contribution in [0, 0.1) is 5.82 Å². The summed E-state index contributed by atoms with van der Waals surface area (Å²) in [5.41, 5.74) is 5.77. The molecule has 0 bridgehead atoms. The first kappa shape index (κ1) is 18.7. The van der Waals surface area contributed by atoms with Gasteiger partial charge in [0.15, 0.2) is 11.6 Å². The van der Waals surface area contributed by atoms with Crippen molar-refractivity contribution in [1.82, 2.24) is 9.88 Å².